The largest absolute Gasteiger partial charge is 0.506 e. The molecular formula is C14H21N3O3. The molecule has 0 spiro atoms. The van der Waals surface area contributed by atoms with Crippen molar-refractivity contribution in [1.29, 1.82) is 0 Å². The molecule has 0 aliphatic carbocycles. The molecule has 0 radical (unpaired) electrons. The van der Waals surface area contributed by atoms with Gasteiger partial charge in [0.15, 0.2) is 0 Å². The minimum atomic E-state index is -0.112. The number of carbonyl (C=O) groups is 1. The summed E-state index contributed by atoms with van der Waals surface area (Å²) in [6, 6.07) is 3.02. The molecule has 1 atom stereocenters. The first-order chi connectivity index (χ1) is 9.56. The number of nitrogens with zero attached hydrogens (tertiary/aromatic N) is 3. The number of carbonyl (C=O) groups excluding carboxylic acids is 1. The molecule has 20 heavy (non-hydrogen) atoms. The lowest BCUT2D eigenvalue weighted by molar-refractivity contribution is 0.0729. The predicted octanol–water partition coefficient (Wildman–Crippen LogP) is 0.437. The predicted molar refractivity (Wildman–Crippen MR) is 74.7 cm³/mol. The van der Waals surface area contributed by atoms with Crippen molar-refractivity contribution in [3.63, 3.8) is 0 Å². The molecule has 0 bridgehead atoms. The molecule has 1 aliphatic rings. The number of pyridine rings is 1. The second kappa shape index (κ2) is 6.67. The SMILES string of the molecule is CN(C)CC1COCCN(C(=O)c2ccc(O)cn2)C1. The summed E-state index contributed by atoms with van der Waals surface area (Å²) in [6.45, 7) is 3.34. The van der Waals surface area contributed by atoms with Crippen molar-refractivity contribution < 1.29 is 14.6 Å². The summed E-state index contributed by atoms with van der Waals surface area (Å²) in [4.78, 5) is 20.3. The van der Waals surface area contributed by atoms with Gasteiger partial charge in [-0.2, -0.15) is 0 Å². The first-order valence-electron chi connectivity index (χ1n) is 6.73. The Morgan fingerprint density at radius 3 is 3.00 bits per heavy atom. The fourth-order valence-electron chi connectivity index (χ4n) is 2.37. The van der Waals surface area contributed by atoms with Crippen LogP contribution in [-0.4, -0.2) is 72.7 Å². The number of rotatable bonds is 3. The van der Waals surface area contributed by atoms with Crippen LogP contribution in [0.3, 0.4) is 0 Å². The summed E-state index contributed by atoms with van der Waals surface area (Å²) >= 11 is 0. The molecule has 1 unspecified atom stereocenters. The Kier molecular flexibility index (Phi) is 4.92. The lowest BCUT2D eigenvalue weighted by Crippen LogP contribution is -2.39. The zero-order chi connectivity index (χ0) is 14.5. The monoisotopic (exact) mass is 279 g/mol. The molecule has 2 heterocycles. The Bertz CT molecular complexity index is 447. The van der Waals surface area contributed by atoms with E-state index in [1.54, 1.807) is 11.0 Å². The fourth-order valence-corrected chi connectivity index (χ4v) is 2.37. The molecule has 6 nitrogen and oxygen atoms in total. The maximum Gasteiger partial charge on any atom is 0.272 e. The first-order valence-corrected chi connectivity index (χ1v) is 6.73. The Morgan fingerprint density at radius 2 is 2.35 bits per heavy atom. The molecule has 0 saturated carbocycles. The molecule has 1 amide bonds. The first kappa shape index (κ1) is 14.7. The third-order valence-electron chi connectivity index (χ3n) is 3.22. The molecule has 1 aliphatic heterocycles. The Morgan fingerprint density at radius 1 is 1.55 bits per heavy atom. The van der Waals surface area contributed by atoms with Crippen molar-refractivity contribution in [3.8, 4) is 5.75 Å². The van der Waals surface area contributed by atoms with Crippen molar-refractivity contribution in [1.82, 2.24) is 14.8 Å². The van der Waals surface area contributed by atoms with E-state index < -0.39 is 0 Å². The van der Waals surface area contributed by atoms with E-state index in [4.69, 9.17) is 4.74 Å². The molecular weight excluding hydrogens is 258 g/mol. The van der Waals surface area contributed by atoms with Crippen LogP contribution in [0.15, 0.2) is 18.3 Å². The van der Waals surface area contributed by atoms with Crippen molar-refractivity contribution in [2.75, 3.05) is 46.9 Å². The fraction of sp³-hybridized carbons (Fsp3) is 0.571. The Balaban J connectivity index is 2.05. The zero-order valence-corrected chi connectivity index (χ0v) is 12.0. The summed E-state index contributed by atoms with van der Waals surface area (Å²) in [5.41, 5.74) is 0.355. The zero-order valence-electron chi connectivity index (χ0n) is 12.0. The van der Waals surface area contributed by atoms with Gasteiger partial charge >= 0.3 is 0 Å². The van der Waals surface area contributed by atoms with Crippen LogP contribution in [0.2, 0.25) is 0 Å². The van der Waals surface area contributed by atoms with Gasteiger partial charge in [-0.05, 0) is 26.2 Å². The quantitative estimate of drug-likeness (QED) is 0.869. The molecule has 1 saturated heterocycles. The second-order valence-corrected chi connectivity index (χ2v) is 5.36. The van der Waals surface area contributed by atoms with E-state index >= 15 is 0 Å². The summed E-state index contributed by atoms with van der Waals surface area (Å²) in [7, 11) is 4.02. The van der Waals surface area contributed by atoms with E-state index in [9.17, 15) is 9.90 Å². The van der Waals surface area contributed by atoms with Crippen LogP contribution < -0.4 is 0 Å². The highest BCUT2D eigenvalue weighted by atomic mass is 16.5. The number of hydrogen-bond donors (Lipinski definition) is 1. The molecule has 1 N–H and O–H groups in total. The van der Waals surface area contributed by atoms with Crippen molar-refractivity contribution >= 4 is 5.91 Å². The van der Waals surface area contributed by atoms with Crippen LogP contribution in [0.25, 0.3) is 0 Å². The maximum absolute atomic E-state index is 12.4. The van der Waals surface area contributed by atoms with E-state index in [0.717, 1.165) is 6.54 Å². The molecule has 110 valence electrons. The van der Waals surface area contributed by atoms with Crippen LogP contribution in [0.4, 0.5) is 0 Å². The number of aromatic nitrogens is 1. The summed E-state index contributed by atoms with van der Waals surface area (Å²) in [6.07, 6.45) is 1.29. The molecule has 1 fully saturated rings. The van der Waals surface area contributed by atoms with Gasteiger partial charge in [-0.3, -0.25) is 4.79 Å². The van der Waals surface area contributed by atoms with E-state index in [1.165, 1.54) is 12.3 Å². The van der Waals surface area contributed by atoms with Gasteiger partial charge in [0.25, 0.3) is 5.91 Å². The second-order valence-electron chi connectivity index (χ2n) is 5.36. The van der Waals surface area contributed by atoms with Gasteiger partial charge in [-0.15, -0.1) is 0 Å². The molecule has 6 heteroatoms. The van der Waals surface area contributed by atoms with Crippen LogP contribution >= 0.6 is 0 Å². The van der Waals surface area contributed by atoms with Crippen LogP contribution in [0.1, 0.15) is 10.5 Å². The van der Waals surface area contributed by atoms with Gasteiger partial charge in [-0.1, -0.05) is 0 Å². The van der Waals surface area contributed by atoms with E-state index in [1.807, 2.05) is 14.1 Å². The number of aromatic hydroxyl groups is 1. The number of hydrogen-bond acceptors (Lipinski definition) is 5. The molecule has 1 aromatic rings. The summed E-state index contributed by atoms with van der Waals surface area (Å²) < 4.78 is 5.56. The topological polar surface area (TPSA) is 65.9 Å². The lowest BCUT2D eigenvalue weighted by Gasteiger charge is -2.25. The van der Waals surface area contributed by atoms with Crippen molar-refractivity contribution in [2.24, 2.45) is 5.92 Å². The Labute approximate surface area is 119 Å². The van der Waals surface area contributed by atoms with Gasteiger partial charge in [0, 0.05) is 25.6 Å². The highest BCUT2D eigenvalue weighted by Crippen LogP contribution is 2.13. The standard InChI is InChI=1S/C14H21N3O3/c1-16(2)8-11-9-17(5-6-20-10-11)14(19)13-4-3-12(18)7-15-13/h3-4,7,11,18H,5-6,8-10H2,1-2H3. The van der Waals surface area contributed by atoms with E-state index in [-0.39, 0.29) is 11.7 Å². The third-order valence-corrected chi connectivity index (χ3v) is 3.22. The summed E-state index contributed by atoms with van der Waals surface area (Å²) in [5.74, 6) is 0.249. The highest BCUT2D eigenvalue weighted by molar-refractivity contribution is 5.92. The van der Waals surface area contributed by atoms with Crippen molar-refractivity contribution in [3.05, 3.63) is 24.0 Å². The third kappa shape index (κ3) is 3.91. The van der Waals surface area contributed by atoms with Gasteiger partial charge in [0.05, 0.1) is 19.4 Å². The Hall–Kier alpha value is -1.66. The van der Waals surface area contributed by atoms with E-state index in [0.29, 0.717) is 37.9 Å². The lowest BCUT2D eigenvalue weighted by atomic mass is 10.1. The van der Waals surface area contributed by atoms with Crippen LogP contribution in [0, 0.1) is 5.92 Å². The normalized spacial score (nSPS) is 19.9. The summed E-state index contributed by atoms with van der Waals surface area (Å²) in [5, 5.41) is 9.22. The minimum Gasteiger partial charge on any atom is -0.506 e. The average molecular weight is 279 g/mol. The molecule has 2 rings (SSSR count). The van der Waals surface area contributed by atoms with Gasteiger partial charge in [-0.25, -0.2) is 4.98 Å². The molecule has 0 aromatic carbocycles. The van der Waals surface area contributed by atoms with Gasteiger partial charge in [0.2, 0.25) is 0 Å². The smallest absolute Gasteiger partial charge is 0.272 e. The number of ether oxygens (including phenoxy) is 1. The maximum atomic E-state index is 12.4. The van der Waals surface area contributed by atoms with Crippen LogP contribution in [0.5, 0.6) is 5.75 Å². The molecule has 1 aromatic heterocycles. The number of amides is 1. The van der Waals surface area contributed by atoms with Gasteiger partial charge in [0.1, 0.15) is 11.4 Å². The average Bonchev–Trinajstić information content (AvgIpc) is 2.63. The van der Waals surface area contributed by atoms with E-state index in [2.05, 4.69) is 9.88 Å². The van der Waals surface area contributed by atoms with Gasteiger partial charge < -0.3 is 19.6 Å². The van der Waals surface area contributed by atoms with Crippen LogP contribution in [-0.2, 0) is 4.74 Å². The minimum absolute atomic E-state index is 0.0613. The van der Waals surface area contributed by atoms with Crippen molar-refractivity contribution in [2.45, 2.75) is 0 Å². The highest BCUT2D eigenvalue weighted by Gasteiger charge is 2.24.